The zero-order valence-corrected chi connectivity index (χ0v) is 15.0. The molecule has 21 heavy (non-hydrogen) atoms. The van der Waals surface area contributed by atoms with E-state index in [4.69, 9.17) is 0 Å². The average Bonchev–Trinajstić information content (AvgIpc) is 3.03. The van der Waals surface area contributed by atoms with E-state index in [1.807, 2.05) is 19.2 Å². The third kappa shape index (κ3) is 3.33. The fourth-order valence-electron chi connectivity index (χ4n) is 3.04. The highest BCUT2D eigenvalue weighted by Crippen LogP contribution is 2.35. The number of hydrogen-bond acceptors (Lipinski definition) is 4. The van der Waals surface area contributed by atoms with Crippen LogP contribution >= 0.6 is 11.3 Å². The van der Waals surface area contributed by atoms with Crippen LogP contribution in [0.15, 0.2) is 10.3 Å². The van der Waals surface area contributed by atoms with Gasteiger partial charge in [-0.25, -0.2) is 8.42 Å². The predicted molar refractivity (Wildman–Crippen MR) is 88.2 cm³/mol. The van der Waals surface area contributed by atoms with E-state index in [1.54, 1.807) is 15.6 Å². The molecule has 0 aliphatic carbocycles. The van der Waals surface area contributed by atoms with E-state index >= 15 is 0 Å². The minimum atomic E-state index is -3.38. The van der Waals surface area contributed by atoms with Crippen LogP contribution in [0, 0.1) is 12.8 Å². The molecule has 0 radical (unpaired) electrons. The van der Waals surface area contributed by atoms with Gasteiger partial charge in [-0.3, -0.25) is 0 Å². The van der Waals surface area contributed by atoms with Crippen molar-refractivity contribution in [2.45, 2.75) is 58.0 Å². The number of hydrogen-bond donors (Lipinski definition) is 1. The fourth-order valence-corrected chi connectivity index (χ4v) is 6.60. The molecule has 1 aromatic rings. The molecule has 0 saturated carbocycles. The first-order valence-corrected chi connectivity index (χ1v) is 10.0. The van der Waals surface area contributed by atoms with Crippen LogP contribution in [0.4, 0.5) is 0 Å². The molecule has 0 bridgehead atoms. The number of aryl methyl sites for hydroxylation is 1. The van der Waals surface area contributed by atoms with Crippen molar-refractivity contribution in [3.8, 4) is 0 Å². The summed E-state index contributed by atoms with van der Waals surface area (Å²) >= 11 is 1.54. The molecule has 1 fully saturated rings. The van der Waals surface area contributed by atoms with Gasteiger partial charge in [-0.2, -0.15) is 4.31 Å². The zero-order chi connectivity index (χ0) is 15.6. The van der Waals surface area contributed by atoms with E-state index in [9.17, 15) is 8.42 Å². The Morgan fingerprint density at radius 2 is 2.19 bits per heavy atom. The van der Waals surface area contributed by atoms with E-state index in [0.717, 1.165) is 29.8 Å². The molecule has 2 rings (SSSR count). The lowest BCUT2D eigenvalue weighted by Gasteiger charge is -2.27. The van der Waals surface area contributed by atoms with E-state index in [-0.39, 0.29) is 6.04 Å². The van der Waals surface area contributed by atoms with Crippen LogP contribution in [0.5, 0.6) is 0 Å². The van der Waals surface area contributed by atoms with Gasteiger partial charge in [0.2, 0.25) is 10.0 Å². The first kappa shape index (κ1) is 16.9. The second-order valence-corrected chi connectivity index (χ2v) is 8.81. The predicted octanol–water partition coefficient (Wildman–Crippen LogP) is 2.98. The van der Waals surface area contributed by atoms with Crippen LogP contribution in [0.2, 0.25) is 0 Å². The summed E-state index contributed by atoms with van der Waals surface area (Å²) in [6.07, 6.45) is 1.94. The van der Waals surface area contributed by atoms with Gasteiger partial charge in [-0.1, -0.05) is 20.8 Å². The number of thiophene rings is 1. The third-order valence-corrected chi connectivity index (χ3v) is 7.50. The van der Waals surface area contributed by atoms with Crippen LogP contribution in [-0.2, 0) is 16.6 Å². The summed E-state index contributed by atoms with van der Waals surface area (Å²) in [5.74, 6) is 0.360. The van der Waals surface area contributed by atoms with E-state index in [0.29, 0.717) is 23.9 Å². The Balaban J connectivity index is 2.37. The van der Waals surface area contributed by atoms with Crippen molar-refractivity contribution >= 4 is 21.4 Å². The molecule has 0 amide bonds. The fraction of sp³-hybridized carbons (Fsp3) is 0.733. The molecule has 1 atom stereocenters. The third-order valence-electron chi connectivity index (χ3n) is 4.11. The number of nitrogens with zero attached hydrogens (tertiary/aromatic N) is 1. The second kappa shape index (κ2) is 6.77. The van der Waals surface area contributed by atoms with E-state index in [2.05, 4.69) is 19.2 Å². The highest BCUT2D eigenvalue weighted by atomic mass is 32.2. The van der Waals surface area contributed by atoms with Gasteiger partial charge in [-0.15, -0.1) is 11.3 Å². The molecule has 1 N–H and O–H groups in total. The van der Waals surface area contributed by atoms with Crippen molar-refractivity contribution in [1.82, 2.24) is 9.62 Å². The minimum Gasteiger partial charge on any atom is -0.312 e. The van der Waals surface area contributed by atoms with Gasteiger partial charge in [0.25, 0.3) is 0 Å². The quantitative estimate of drug-likeness (QED) is 0.872. The Hall–Kier alpha value is -0.430. The maximum atomic E-state index is 13.1. The summed E-state index contributed by atoms with van der Waals surface area (Å²) in [6.45, 7) is 10.3. The summed E-state index contributed by atoms with van der Waals surface area (Å²) in [7, 11) is -3.38. The first-order chi connectivity index (χ1) is 9.89. The number of sulfonamides is 1. The molecule has 1 aromatic heterocycles. The zero-order valence-electron chi connectivity index (χ0n) is 13.3. The summed E-state index contributed by atoms with van der Waals surface area (Å²) in [5, 5.41) is 5.20. The maximum absolute atomic E-state index is 13.1. The molecule has 0 aromatic carbocycles. The summed E-state index contributed by atoms with van der Waals surface area (Å²) in [5.41, 5.74) is 0.877. The van der Waals surface area contributed by atoms with Crippen LogP contribution < -0.4 is 5.32 Å². The average molecular weight is 331 g/mol. The lowest BCUT2D eigenvalue weighted by Crippen LogP contribution is -2.39. The molecule has 2 heterocycles. The molecular weight excluding hydrogens is 304 g/mol. The van der Waals surface area contributed by atoms with E-state index < -0.39 is 10.0 Å². The van der Waals surface area contributed by atoms with Gasteiger partial charge in [0.15, 0.2) is 0 Å². The minimum absolute atomic E-state index is 0.140. The highest BCUT2D eigenvalue weighted by molar-refractivity contribution is 7.89. The summed E-state index contributed by atoms with van der Waals surface area (Å²) in [4.78, 5) is 1.48. The molecular formula is C15H26N2O2S2. The highest BCUT2D eigenvalue weighted by Gasteiger charge is 2.38. The van der Waals surface area contributed by atoms with Crippen molar-refractivity contribution in [2.24, 2.45) is 5.92 Å². The Kier molecular flexibility index (Phi) is 5.46. The van der Waals surface area contributed by atoms with Gasteiger partial charge < -0.3 is 5.32 Å². The SMILES string of the molecule is CCNCc1scc(C)c1S(=O)(=O)N1CCCC1C(C)C. The normalized spacial score (nSPS) is 20.5. The van der Waals surface area contributed by atoms with E-state index in [1.165, 1.54) is 0 Å². The maximum Gasteiger partial charge on any atom is 0.244 e. The molecule has 0 spiro atoms. The molecule has 1 saturated heterocycles. The first-order valence-electron chi connectivity index (χ1n) is 7.69. The Labute approximate surface area is 132 Å². The largest absolute Gasteiger partial charge is 0.312 e. The Bertz CT molecular complexity index is 578. The second-order valence-electron chi connectivity index (χ2n) is 6.02. The molecule has 120 valence electrons. The Morgan fingerprint density at radius 3 is 2.81 bits per heavy atom. The molecule has 4 nitrogen and oxygen atoms in total. The number of nitrogens with one attached hydrogen (secondary N) is 1. The van der Waals surface area contributed by atoms with Crippen molar-refractivity contribution in [3.63, 3.8) is 0 Å². The van der Waals surface area contributed by atoms with Crippen LogP contribution in [0.3, 0.4) is 0 Å². The van der Waals surface area contributed by atoms with Crippen LogP contribution in [-0.4, -0.2) is 31.9 Å². The van der Waals surface area contributed by atoms with Gasteiger partial charge in [0.1, 0.15) is 4.90 Å². The summed E-state index contributed by atoms with van der Waals surface area (Å²) < 4.78 is 28.0. The van der Waals surface area contributed by atoms with Crippen molar-refractivity contribution in [2.75, 3.05) is 13.1 Å². The van der Waals surface area contributed by atoms with Crippen molar-refractivity contribution in [1.29, 1.82) is 0 Å². The monoisotopic (exact) mass is 330 g/mol. The van der Waals surface area contributed by atoms with Gasteiger partial charge >= 0.3 is 0 Å². The topological polar surface area (TPSA) is 49.4 Å². The standard InChI is InChI=1S/C15H26N2O2S2/c1-5-16-9-14-15(12(4)10-20-14)21(18,19)17-8-6-7-13(17)11(2)3/h10-11,13,16H,5-9H2,1-4H3. The van der Waals surface area contributed by atoms with Gasteiger partial charge in [-0.05, 0) is 43.2 Å². The van der Waals surface area contributed by atoms with Crippen molar-refractivity contribution < 1.29 is 8.42 Å². The molecule has 1 aliphatic rings. The van der Waals surface area contributed by atoms with Crippen molar-refractivity contribution in [3.05, 3.63) is 15.8 Å². The Morgan fingerprint density at radius 1 is 1.48 bits per heavy atom. The van der Waals surface area contributed by atoms with Crippen LogP contribution in [0.25, 0.3) is 0 Å². The lowest BCUT2D eigenvalue weighted by molar-refractivity contribution is 0.315. The molecule has 6 heteroatoms. The number of rotatable bonds is 6. The van der Waals surface area contributed by atoms with Gasteiger partial charge in [0, 0.05) is 24.0 Å². The van der Waals surface area contributed by atoms with Gasteiger partial charge in [0.05, 0.1) is 0 Å². The summed E-state index contributed by atoms with van der Waals surface area (Å²) in [6, 6.07) is 0.140. The smallest absolute Gasteiger partial charge is 0.244 e. The van der Waals surface area contributed by atoms with Crippen LogP contribution in [0.1, 0.15) is 44.1 Å². The molecule has 1 aliphatic heterocycles. The lowest BCUT2D eigenvalue weighted by atomic mass is 10.0. The molecule has 1 unspecified atom stereocenters.